The molecule has 2 rings (SSSR count). The summed E-state index contributed by atoms with van der Waals surface area (Å²) in [5, 5.41) is 14.8. The van der Waals surface area contributed by atoms with Gasteiger partial charge in [0.05, 0.1) is 16.6 Å². The summed E-state index contributed by atoms with van der Waals surface area (Å²) in [6, 6.07) is 2.84. The Morgan fingerprint density at radius 2 is 2.28 bits per heavy atom. The molecule has 0 aliphatic carbocycles. The van der Waals surface area contributed by atoms with E-state index < -0.39 is 22.3 Å². The van der Waals surface area contributed by atoms with Crippen LogP contribution in [0.25, 0.3) is 0 Å². The van der Waals surface area contributed by atoms with E-state index in [1.807, 2.05) is 0 Å². The first-order chi connectivity index (χ1) is 8.58. The monoisotopic (exact) mass is 267 g/mol. The molecule has 0 fully saturated rings. The van der Waals surface area contributed by atoms with E-state index in [0.717, 1.165) is 12.1 Å². The third kappa shape index (κ3) is 2.48. The third-order valence-corrected chi connectivity index (χ3v) is 2.75. The quantitative estimate of drug-likeness (QED) is 0.683. The van der Waals surface area contributed by atoms with E-state index in [2.05, 4.69) is 10.3 Å². The minimum absolute atomic E-state index is 0.268. The van der Waals surface area contributed by atoms with Gasteiger partial charge in [-0.3, -0.25) is 20.2 Å². The van der Waals surface area contributed by atoms with Crippen molar-refractivity contribution in [2.75, 3.05) is 5.32 Å². The number of rotatable bonds is 3. The number of nitro benzene ring substituents is 1. The SMILES string of the molecule is O=C(Nc1nccs1)c1ccc([N+](=O)[O-])cc1F. The zero-order valence-corrected chi connectivity index (χ0v) is 9.61. The lowest BCUT2D eigenvalue weighted by atomic mass is 10.2. The van der Waals surface area contributed by atoms with Crippen LogP contribution < -0.4 is 5.32 Å². The van der Waals surface area contributed by atoms with Crippen molar-refractivity contribution in [1.29, 1.82) is 0 Å². The number of carbonyl (C=O) groups is 1. The Bertz CT molecular complexity index is 600. The average molecular weight is 267 g/mol. The molecule has 2 aromatic rings. The van der Waals surface area contributed by atoms with Gasteiger partial charge in [0.25, 0.3) is 11.6 Å². The van der Waals surface area contributed by atoms with Gasteiger partial charge < -0.3 is 0 Å². The molecule has 8 heteroatoms. The molecule has 0 unspecified atom stereocenters. The van der Waals surface area contributed by atoms with Crippen LogP contribution in [0.15, 0.2) is 29.8 Å². The van der Waals surface area contributed by atoms with Crippen LogP contribution in [0.3, 0.4) is 0 Å². The number of anilines is 1. The molecule has 0 radical (unpaired) electrons. The summed E-state index contributed by atoms with van der Waals surface area (Å²) in [4.78, 5) is 25.2. The van der Waals surface area contributed by atoms with E-state index in [-0.39, 0.29) is 5.56 Å². The number of nitrogens with zero attached hydrogens (tertiary/aromatic N) is 2. The van der Waals surface area contributed by atoms with Gasteiger partial charge in [-0.15, -0.1) is 11.3 Å². The average Bonchev–Trinajstić information content (AvgIpc) is 2.81. The molecule has 0 aliphatic heterocycles. The predicted molar refractivity (Wildman–Crippen MR) is 63.1 cm³/mol. The largest absolute Gasteiger partial charge is 0.298 e. The molecule has 0 saturated carbocycles. The third-order valence-electron chi connectivity index (χ3n) is 2.06. The Kier molecular flexibility index (Phi) is 3.28. The Labute approximate surface area is 104 Å². The van der Waals surface area contributed by atoms with Gasteiger partial charge in [0.2, 0.25) is 0 Å². The second-order valence-corrected chi connectivity index (χ2v) is 4.11. The van der Waals surface area contributed by atoms with E-state index in [1.165, 1.54) is 17.5 Å². The van der Waals surface area contributed by atoms with Gasteiger partial charge in [-0.25, -0.2) is 9.37 Å². The minimum Gasteiger partial charge on any atom is -0.298 e. The summed E-state index contributed by atoms with van der Waals surface area (Å²) in [6.45, 7) is 0. The van der Waals surface area contributed by atoms with Gasteiger partial charge in [-0.2, -0.15) is 0 Å². The van der Waals surface area contributed by atoms with Crippen LogP contribution >= 0.6 is 11.3 Å². The number of nitro groups is 1. The molecule has 1 aromatic heterocycles. The van der Waals surface area contributed by atoms with Crippen molar-refractivity contribution in [3.8, 4) is 0 Å². The van der Waals surface area contributed by atoms with Crippen LogP contribution in [0.1, 0.15) is 10.4 Å². The predicted octanol–water partition coefficient (Wildman–Crippen LogP) is 2.44. The molecule has 1 aromatic carbocycles. The van der Waals surface area contributed by atoms with Crippen molar-refractivity contribution < 1.29 is 14.1 Å². The zero-order chi connectivity index (χ0) is 13.1. The van der Waals surface area contributed by atoms with Gasteiger partial charge in [0.15, 0.2) is 5.13 Å². The molecule has 92 valence electrons. The maximum atomic E-state index is 13.5. The summed E-state index contributed by atoms with van der Waals surface area (Å²) < 4.78 is 13.5. The second kappa shape index (κ2) is 4.88. The van der Waals surface area contributed by atoms with E-state index in [4.69, 9.17) is 0 Å². The Hall–Kier alpha value is -2.35. The Balaban J connectivity index is 2.23. The van der Waals surface area contributed by atoms with E-state index >= 15 is 0 Å². The van der Waals surface area contributed by atoms with Crippen LogP contribution in [0, 0.1) is 15.9 Å². The molecule has 18 heavy (non-hydrogen) atoms. The maximum Gasteiger partial charge on any atom is 0.272 e. The lowest BCUT2D eigenvalue weighted by molar-refractivity contribution is -0.385. The molecular formula is C10H6FN3O3S. The smallest absolute Gasteiger partial charge is 0.272 e. The molecule has 1 N–H and O–H groups in total. The highest BCUT2D eigenvalue weighted by Crippen LogP contribution is 2.18. The highest BCUT2D eigenvalue weighted by atomic mass is 32.1. The maximum absolute atomic E-state index is 13.5. The van der Waals surface area contributed by atoms with Crippen molar-refractivity contribution in [3.05, 3.63) is 51.3 Å². The van der Waals surface area contributed by atoms with Crippen molar-refractivity contribution in [1.82, 2.24) is 4.98 Å². The fourth-order valence-electron chi connectivity index (χ4n) is 1.25. The normalized spacial score (nSPS) is 10.1. The van der Waals surface area contributed by atoms with Crippen molar-refractivity contribution in [2.45, 2.75) is 0 Å². The molecule has 0 atom stereocenters. The number of non-ortho nitro benzene ring substituents is 1. The van der Waals surface area contributed by atoms with Gasteiger partial charge in [-0.1, -0.05) is 0 Å². The number of hydrogen-bond donors (Lipinski definition) is 1. The molecule has 0 bridgehead atoms. The number of aromatic nitrogens is 1. The molecule has 0 saturated heterocycles. The van der Waals surface area contributed by atoms with Gasteiger partial charge in [0.1, 0.15) is 5.82 Å². The highest BCUT2D eigenvalue weighted by Gasteiger charge is 2.16. The van der Waals surface area contributed by atoms with Gasteiger partial charge >= 0.3 is 0 Å². The number of halogens is 1. The fraction of sp³-hybridized carbons (Fsp3) is 0. The number of amides is 1. The van der Waals surface area contributed by atoms with Gasteiger partial charge in [-0.05, 0) is 6.07 Å². The Morgan fingerprint density at radius 1 is 1.50 bits per heavy atom. The second-order valence-electron chi connectivity index (χ2n) is 3.21. The van der Waals surface area contributed by atoms with E-state index in [9.17, 15) is 19.3 Å². The lowest BCUT2D eigenvalue weighted by Crippen LogP contribution is -2.13. The number of thiazole rings is 1. The van der Waals surface area contributed by atoms with Crippen LogP contribution in [0.5, 0.6) is 0 Å². The van der Waals surface area contributed by atoms with Crippen molar-refractivity contribution in [3.63, 3.8) is 0 Å². The topological polar surface area (TPSA) is 85.1 Å². The zero-order valence-electron chi connectivity index (χ0n) is 8.79. The summed E-state index contributed by atoms with van der Waals surface area (Å²) in [6.07, 6.45) is 1.49. The van der Waals surface area contributed by atoms with E-state index in [0.29, 0.717) is 11.2 Å². The first kappa shape index (κ1) is 12.1. The molecule has 1 amide bonds. The molecular weight excluding hydrogens is 261 g/mol. The summed E-state index contributed by atoms with van der Waals surface area (Å²) in [5.41, 5.74) is -0.672. The summed E-state index contributed by atoms with van der Waals surface area (Å²) in [7, 11) is 0. The standard InChI is InChI=1S/C10H6FN3O3S/c11-8-5-6(14(16)17)1-2-7(8)9(15)13-10-12-3-4-18-10/h1-5H,(H,12,13,15). The summed E-state index contributed by atoms with van der Waals surface area (Å²) >= 11 is 1.19. The number of carbonyl (C=O) groups excluding carboxylic acids is 1. The number of nitrogens with one attached hydrogen (secondary N) is 1. The fourth-order valence-corrected chi connectivity index (χ4v) is 1.78. The molecule has 0 aliphatic rings. The first-order valence-electron chi connectivity index (χ1n) is 4.72. The molecule has 6 nitrogen and oxygen atoms in total. The first-order valence-corrected chi connectivity index (χ1v) is 5.60. The van der Waals surface area contributed by atoms with Crippen molar-refractivity contribution >= 4 is 28.1 Å². The van der Waals surface area contributed by atoms with Crippen molar-refractivity contribution in [2.24, 2.45) is 0 Å². The van der Waals surface area contributed by atoms with Crippen LogP contribution in [0.2, 0.25) is 0 Å². The molecule has 0 spiro atoms. The van der Waals surface area contributed by atoms with E-state index in [1.54, 1.807) is 5.38 Å². The Morgan fingerprint density at radius 3 is 2.83 bits per heavy atom. The molecule has 1 heterocycles. The number of benzene rings is 1. The lowest BCUT2D eigenvalue weighted by Gasteiger charge is -2.02. The van der Waals surface area contributed by atoms with Crippen LogP contribution in [-0.4, -0.2) is 15.8 Å². The minimum atomic E-state index is -0.946. The van der Waals surface area contributed by atoms with Crippen LogP contribution in [0.4, 0.5) is 15.2 Å². The number of hydrogen-bond acceptors (Lipinski definition) is 5. The highest BCUT2D eigenvalue weighted by molar-refractivity contribution is 7.13. The van der Waals surface area contributed by atoms with Crippen LogP contribution in [-0.2, 0) is 0 Å². The van der Waals surface area contributed by atoms with Gasteiger partial charge in [0, 0.05) is 17.6 Å². The summed E-state index contributed by atoms with van der Waals surface area (Å²) in [5.74, 6) is -1.64.